The molecule has 3 N–H and O–H groups in total. The summed E-state index contributed by atoms with van der Waals surface area (Å²) in [6, 6.07) is 10.0. The van der Waals surface area contributed by atoms with Crippen LogP contribution in [0.5, 0.6) is 0 Å². The first-order chi connectivity index (χ1) is 10.1. The molecule has 0 bridgehead atoms. The van der Waals surface area contributed by atoms with Gasteiger partial charge in [0.2, 0.25) is 5.91 Å². The molecule has 1 aromatic carbocycles. The van der Waals surface area contributed by atoms with Gasteiger partial charge in [0, 0.05) is 18.7 Å². The lowest BCUT2D eigenvalue weighted by Crippen LogP contribution is -2.24. The fourth-order valence-corrected chi connectivity index (χ4v) is 2.28. The molecule has 5 nitrogen and oxygen atoms in total. The highest BCUT2D eigenvalue weighted by Crippen LogP contribution is 2.16. The molecule has 2 rings (SSSR count). The molecular weight excluding hydrogens is 300 g/mol. The van der Waals surface area contributed by atoms with Crippen LogP contribution in [0, 0.1) is 13.8 Å². The zero-order chi connectivity index (χ0) is 15.2. The number of para-hydroxylation sites is 1. The Balaban J connectivity index is 0.00000242. The molecule has 6 heteroatoms. The molecule has 120 valence electrons. The summed E-state index contributed by atoms with van der Waals surface area (Å²) in [7, 11) is 0. The average molecular weight is 323 g/mol. The first-order valence-corrected chi connectivity index (χ1v) is 7.20. The Morgan fingerprint density at radius 2 is 2.05 bits per heavy atom. The van der Waals surface area contributed by atoms with E-state index in [9.17, 15) is 4.79 Å². The maximum Gasteiger partial charge on any atom is 0.220 e. The van der Waals surface area contributed by atoms with Crippen molar-refractivity contribution in [2.24, 2.45) is 5.73 Å². The number of aromatic nitrogens is 2. The fourth-order valence-electron chi connectivity index (χ4n) is 2.28. The van der Waals surface area contributed by atoms with Crippen LogP contribution in [-0.2, 0) is 11.3 Å². The van der Waals surface area contributed by atoms with Gasteiger partial charge < -0.3 is 11.1 Å². The smallest absolute Gasteiger partial charge is 0.220 e. The first-order valence-electron chi connectivity index (χ1n) is 7.20. The van der Waals surface area contributed by atoms with Crippen LogP contribution in [0.15, 0.2) is 30.3 Å². The minimum Gasteiger partial charge on any atom is -0.352 e. The van der Waals surface area contributed by atoms with Crippen molar-refractivity contribution in [1.29, 1.82) is 0 Å². The number of nitrogens with two attached hydrogens (primary N) is 1. The van der Waals surface area contributed by atoms with Crippen LogP contribution in [0.4, 0.5) is 0 Å². The van der Waals surface area contributed by atoms with Crippen molar-refractivity contribution in [3.05, 3.63) is 47.3 Å². The Bertz CT molecular complexity index is 624. The number of nitrogens with one attached hydrogen (secondary N) is 1. The third-order valence-electron chi connectivity index (χ3n) is 3.31. The Morgan fingerprint density at radius 3 is 2.68 bits per heavy atom. The van der Waals surface area contributed by atoms with Crippen molar-refractivity contribution < 1.29 is 4.79 Å². The third kappa shape index (κ3) is 4.58. The van der Waals surface area contributed by atoms with Crippen molar-refractivity contribution in [1.82, 2.24) is 15.1 Å². The molecular formula is C16H23ClN4O. The summed E-state index contributed by atoms with van der Waals surface area (Å²) >= 11 is 0. The molecule has 2 aromatic rings. The highest BCUT2D eigenvalue weighted by Gasteiger charge is 2.09. The number of aryl methyl sites for hydroxylation is 2. The molecule has 0 atom stereocenters. The second-order valence-corrected chi connectivity index (χ2v) is 5.14. The molecule has 0 saturated carbocycles. The largest absolute Gasteiger partial charge is 0.352 e. The maximum absolute atomic E-state index is 11.7. The van der Waals surface area contributed by atoms with Gasteiger partial charge in [-0.15, -0.1) is 12.4 Å². The zero-order valence-corrected chi connectivity index (χ0v) is 13.8. The minimum absolute atomic E-state index is 0. The van der Waals surface area contributed by atoms with E-state index in [2.05, 4.69) is 10.4 Å². The number of hydrogen-bond acceptors (Lipinski definition) is 3. The zero-order valence-electron chi connectivity index (χ0n) is 13.0. The summed E-state index contributed by atoms with van der Waals surface area (Å²) in [4.78, 5) is 11.7. The van der Waals surface area contributed by atoms with Gasteiger partial charge >= 0.3 is 0 Å². The minimum atomic E-state index is 0. The molecule has 1 heterocycles. The van der Waals surface area contributed by atoms with Crippen LogP contribution < -0.4 is 11.1 Å². The van der Waals surface area contributed by atoms with E-state index in [1.165, 1.54) is 0 Å². The Kier molecular flexibility index (Phi) is 7.08. The number of nitrogens with zero attached hydrogens (tertiary/aromatic N) is 2. The normalized spacial score (nSPS) is 10.1. The van der Waals surface area contributed by atoms with Gasteiger partial charge in [0.05, 0.1) is 11.4 Å². The van der Waals surface area contributed by atoms with E-state index >= 15 is 0 Å². The van der Waals surface area contributed by atoms with Gasteiger partial charge in [-0.1, -0.05) is 18.2 Å². The van der Waals surface area contributed by atoms with Gasteiger partial charge in [0.15, 0.2) is 0 Å². The van der Waals surface area contributed by atoms with Crippen molar-refractivity contribution in [2.75, 3.05) is 6.54 Å². The van der Waals surface area contributed by atoms with Crippen LogP contribution in [0.3, 0.4) is 0 Å². The molecule has 22 heavy (non-hydrogen) atoms. The predicted molar refractivity (Wildman–Crippen MR) is 90.4 cm³/mol. The van der Waals surface area contributed by atoms with Crippen LogP contribution >= 0.6 is 12.4 Å². The summed E-state index contributed by atoms with van der Waals surface area (Å²) in [5, 5.41) is 7.44. The quantitative estimate of drug-likeness (QED) is 0.857. The molecule has 0 saturated heterocycles. The fraction of sp³-hybridized carbons (Fsp3) is 0.375. The van der Waals surface area contributed by atoms with Gasteiger partial charge in [0.1, 0.15) is 0 Å². The number of carbonyl (C=O) groups excluding carboxylic acids is 1. The molecule has 0 fully saturated rings. The highest BCUT2D eigenvalue weighted by atomic mass is 35.5. The predicted octanol–water partition coefficient (Wildman–Crippen LogP) is 2.27. The summed E-state index contributed by atoms with van der Waals surface area (Å²) in [6.07, 6.45) is 1.18. The molecule has 0 aliphatic rings. The third-order valence-corrected chi connectivity index (χ3v) is 3.31. The Morgan fingerprint density at radius 1 is 1.32 bits per heavy atom. The van der Waals surface area contributed by atoms with E-state index in [1.807, 2.05) is 48.9 Å². The number of rotatable bonds is 6. The summed E-state index contributed by atoms with van der Waals surface area (Å²) < 4.78 is 1.91. The van der Waals surface area contributed by atoms with Gasteiger partial charge in [-0.3, -0.25) is 4.79 Å². The molecule has 0 unspecified atom stereocenters. The molecule has 1 aromatic heterocycles. The molecule has 0 radical (unpaired) electrons. The number of benzene rings is 1. The number of hydrogen-bond donors (Lipinski definition) is 2. The van der Waals surface area contributed by atoms with E-state index in [1.54, 1.807) is 0 Å². The van der Waals surface area contributed by atoms with Gasteiger partial charge in [-0.2, -0.15) is 5.10 Å². The maximum atomic E-state index is 11.7. The lowest BCUT2D eigenvalue weighted by molar-refractivity contribution is -0.121. The monoisotopic (exact) mass is 322 g/mol. The highest BCUT2D eigenvalue weighted by molar-refractivity contribution is 5.85. The van der Waals surface area contributed by atoms with Crippen LogP contribution in [0.25, 0.3) is 5.69 Å². The lowest BCUT2D eigenvalue weighted by Gasteiger charge is -2.12. The van der Waals surface area contributed by atoms with Crippen LogP contribution in [0.2, 0.25) is 0 Å². The van der Waals surface area contributed by atoms with Crippen molar-refractivity contribution >= 4 is 18.3 Å². The Hall–Kier alpha value is -1.85. The van der Waals surface area contributed by atoms with Crippen molar-refractivity contribution in [3.8, 4) is 5.69 Å². The molecule has 0 spiro atoms. The van der Waals surface area contributed by atoms with E-state index < -0.39 is 0 Å². The summed E-state index contributed by atoms with van der Waals surface area (Å²) in [6.45, 7) is 5.03. The van der Waals surface area contributed by atoms with E-state index in [-0.39, 0.29) is 18.3 Å². The average Bonchev–Trinajstić information content (AvgIpc) is 2.81. The standard InChI is InChI=1S/C16H22N4O.ClH/c1-12-10-13(2)20(19-12)15-7-4-3-6-14(15)11-18-16(21)8-5-9-17;/h3-4,6-7,10H,5,8-9,11,17H2,1-2H3,(H,18,21);1H. The second kappa shape index (κ2) is 8.56. The van der Waals surface area contributed by atoms with Gasteiger partial charge in [0.25, 0.3) is 0 Å². The van der Waals surface area contributed by atoms with Crippen LogP contribution in [-0.4, -0.2) is 22.2 Å². The summed E-state index contributed by atoms with van der Waals surface area (Å²) in [5.74, 6) is 0.0311. The summed E-state index contributed by atoms with van der Waals surface area (Å²) in [5.41, 5.74) is 9.52. The SMILES string of the molecule is Cc1cc(C)n(-c2ccccc2CNC(=O)CCCN)n1.Cl. The Labute approximate surface area is 137 Å². The van der Waals surface area contributed by atoms with Gasteiger partial charge in [-0.05, 0) is 44.5 Å². The second-order valence-electron chi connectivity index (χ2n) is 5.14. The molecule has 1 amide bonds. The van der Waals surface area contributed by atoms with Crippen molar-refractivity contribution in [2.45, 2.75) is 33.2 Å². The van der Waals surface area contributed by atoms with E-state index in [0.717, 1.165) is 22.6 Å². The van der Waals surface area contributed by atoms with Gasteiger partial charge in [-0.25, -0.2) is 4.68 Å². The van der Waals surface area contributed by atoms with Crippen LogP contribution in [0.1, 0.15) is 29.8 Å². The number of amides is 1. The first kappa shape index (κ1) is 18.2. The van der Waals surface area contributed by atoms with Crippen molar-refractivity contribution in [3.63, 3.8) is 0 Å². The van der Waals surface area contributed by atoms with E-state index in [4.69, 9.17) is 5.73 Å². The molecule has 0 aliphatic heterocycles. The topological polar surface area (TPSA) is 72.9 Å². The number of halogens is 1. The van der Waals surface area contributed by atoms with E-state index in [0.29, 0.717) is 25.9 Å². The molecule has 0 aliphatic carbocycles. The number of carbonyl (C=O) groups is 1. The lowest BCUT2D eigenvalue weighted by atomic mass is 10.1.